The second-order valence-corrected chi connectivity index (χ2v) is 18.3. The minimum Gasteiger partial charge on any atom is -0.488 e. The molecule has 10 rings (SSSR count). The lowest BCUT2D eigenvalue weighted by molar-refractivity contribution is -0.136. The molecule has 17 heteroatoms. The summed E-state index contributed by atoms with van der Waals surface area (Å²) in [6, 6.07) is 12.1. The van der Waals surface area contributed by atoms with Crippen LogP contribution in [0.25, 0.3) is 22.3 Å². The molecule has 0 bridgehead atoms. The minimum absolute atomic E-state index is 0.0751. The van der Waals surface area contributed by atoms with E-state index in [1.165, 1.54) is 0 Å². The van der Waals surface area contributed by atoms with Crippen molar-refractivity contribution in [2.24, 2.45) is 11.8 Å². The van der Waals surface area contributed by atoms with Gasteiger partial charge in [-0.1, -0.05) is 0 Å². The standard InChI is InChI=1S/C45H52F2N10O5/c1-44(12-13-44)62-31-3-5-35-34(23-31)40(52-51-35)36-24-38(49-27-48-36)56-20-18-54(19-21-56)26-45(46,47)29-10-14-53(15-11-29)25-28-8-16-55(17-9-28)30-2-4-32-33(22-30)43(61)57(42(32)60)37-6-7-39(58)50-41(37)59/h2-5,22-24,27-29,37H,6-21,25-26H2,1H3,(H,51,52)(H,50,58,59). The molecule has 326 valence electrons. The normalized spacial score (nSPS) is 23.0. The van der Waals surface area contributed by atoms with E-state index in [2.05, 4.69) is 47.1 Å². The van der Waals surface area contributed by atoms with Gasteiger partial charge in [-0.15, -0.1) is 0 Å². The van der Waals surface area contributed by atoms with E-state index in [-0.39, 0.29) is 36.1 Å². The van der Waals surface area contributed by atoms with Crippen LogP contribution >= 0.6 is 0 Å². The summed E-state index contributed by atoms with van der Waals surface area (Å²) in [5.41, 5.74) is 3.61. The summed E-state index contributed by atoms with van der Waals surface area (Å²) in [5.74, 6) is -3.47. The summed E-state index contributed by atoms with van der Waals surface area (Å²) in [6.07, 6.45) is 6.64. The largest absolute Gasteiger partial charge is 0.488 e. The van der Waals surface area contributed by atoms with Gasteiger partial charge in [-0.2, -0.15) is 5.10 Å². The van der Waals surface area contributed by atoms with Crippen LogP contribution in [0.4, 0.5) is 20.3 Å². The number of piperidine rings is 3. The zero-order valence-electron chi connectivity index (χ0n) is 35.0. The van der Waals surface area contributed by atoms with Crippen molar-refractivity contribution in [3.05, 3.63) is 59.9 Å². The molecule has 5 aliphatic heterocycles. The highest BCUT2D eigenvalue weighted by Crippen LogP contribution is 2.41. The predicted octanol–water partition coefficient (Wildman–Crippen LogP) is 4.74. The number of aromatic nitrogens is 4. The Morgan fingerprint density at radius 3 is 2.31 bits per heavy atom. The Labute approximate surface area is 358 Å². The number of alkyl halides is 2. The Hall–Kier alpha value is -5.55. The van der Waals surface area contributed by atoms with Gasteiger partial charge in [0.1, 0.15) is 35.2 Å². The lowest BCUT2D eigenvalue weighted by Crippen LogP contribution is -2.54. The average molecular weight is 851 g/mol. The SMILES string of the molecule is CC1(Oc2ccc3[nH]nc(-c4cc(N5CCN(CC(F)(F)C6CCN(CC7CCN(c8ccc9c(c8)C(=O)N(C8CCC(=O)NC8=O)C9=O)CC7)CC6)CC5)ncn4)c3c2)CC1. The number of likely N-dealkylation sites (tertiary alicyclic amines) is 1. The molecule has 5 fully saturated rings. The molecule has 1 saturated carbocycles. The third kappa shape index (κ3) is 8.00. The molecule has 7 heterocycles. The predicted molar refractivity (Wildman–Crippen MR) is 226 cm³/mol. The van der Waals surface area contributed by atoms with Crippen molar-refractivity contribution in [2.45, 2.75) is 75.9 Å². The number of imide groups is 2. The number of hydrogen-bond acceptors (Lipinski definition) is 12. The summed E-state index contributed by atoms with van der Waals surface area (Å²) < 4.78 is 37.9. The Bertz CT molecular complexity index is 2400. The number of H-pyrrole nitrogens is 1. The van der Waals surface area contributed by atoms with Crippen LogP contribution in [0.1, 0.15) is 79.0 Å². The number of aromatic amines is 1. The molecule has 0 radical (unpaired) electrons. The molecular formula is C45H52F2N10O5. The highest BCUT2D eigenvalue weighted by atomic mass is 19.3. The number of nitrogens with one attached hydrogen (secondary N) is 2. The van der Waals surface area contributed by atoms with Crippen LogP contribution in [0.5, 0.6) is 5.75 Å². The highest BCUT2D eigenvalue weighted by Gasteiger charge is 2.46. The Balaban J connectivity index is 0.673. The van der Waals surface area contributed by atoms with Gasteiger partial charge >= 0.3 is 0 Å². The molecule has 1 unspecified atom stereocenters. The van der Waals surface area contributed by atoms with Gasteiger partial charge in [-0.25, -0.2) is 18.7 Å². The van der Waals surface area contributed by atoms with Crippen LogP contribution < -0.4 is 19.9 Å². The molecule has 2 N–H and O–H groups in total. The van der Waals surface area contributed by atoms with E-state index in [1.54, 1.807) is 18.5 Å². The highest BCUT2D eigenvalue weighted by molar-refractivity contribution is 6.23. The molecule has 4 amide bonds. The molecule has 4 saturated heterocycles. The minimum atomic E-state index is -2.77. The first kappa shape index (κ1) is 40.5. The van der Waals surface area contributed by atoms with Gasteiger partial charge in [-0.05, 0) is 107 Å². The molecule has 2 aromatic carbocycles. The monoisotopic (exact) mass is 850 g/mol. The van der Waals surface area contributed by atoms with E-state index in [9.17, 15) is 19.2 Å². The zero-order chi connectivity index (χ0) is 42.8. The van der Waals surface area contributed by atoms with Crippen molar-refractivity contribution in [3.63, 3.8) is 0 Å². The fourth-order valence-corrected chi connectivity index (χ4v) is 9.96. The number of carbonyl (C=O) groups is 4. The first-order chi connectivity index (χ1) is 29.9. The number of rotatable bonds is 11. The zero-order valence-corrected chi connectivity index (χ0v) is 35.0. The molecular weight excluding hydrogens is 799 g/mol. The molecule has 6 aliphatic rings. The second-order valence-electron chi connectivity index (χ2n) is 18.3. The van der Waals surface area contributed by atoms with E-state index >= 15 is 8.78 Å². The van der Waals surface area contributed by atoms with Gasteiger partial charge < -0.3 is 19.4 Å². The Kier molecular flexibility index (Phi) is 10.4. The van der Waals surface area contributed by atoms with Gasteiger partial charge in [0.15, 0.2) is 0 Å². The van der Waals surface area contributed by atoms with Crippen LogP contribution in [-0.4, -0.2) is 142 Å². The number of fused-ring (bicyclic) bond motifs is 2. The number of piperazine rings is 1. The van der Waals surface area contributed by atoms with Crippen LogP contribution in [0.15, 0.2) is 48.8 Å². The van der Waals surface area contributed by atoms with Gasteiger partial charge in [-0.3, -0.25) is 39.4 Å². The lowest BCUT2D eigenvalue weighted by Gasteiger charge is -2.42. The van der Waals surface area contributed by atoms with Crippen molar-refractivity contribution in [1.29, 1.82) is 0 Å². The summed E-state index contributed by atoms with van der Waals surface area (Å²) in [5, 5.41) is 10.8. The fourth-order valence-electron chi connectivity index (χ4n) is 9.96. The van der Waals surface area contributed by atoms with Gasteiger partial charge in [0.05, 0.1) is 28.9 Å². The van der Waals surface area contributed by atoms with Gasteiger partial charge in [0.25, 0.3) is 17.7 Å². The number of anilines is 2. The molecule has 4 aromatic rings. The van der Waals surface area contributed by atoms with Gasteiger partial charge in [0.2, 0.25) is 11.8 Å². The first-order valence-electron chi connectivity index (χ1n) is 22.1. The van der Waals surface area contributed by atoms with E-state index < -0.39 is 41.5 Å². The number of ether oxygens (including phenoxy) is 1. The van der Waals surface area contributed by atoms with Crippen LogP contribution in [0.2, 0.25) is 0 Å². The van der Waals surface area contributed by atoms with Crippen molar-refractivity contribution in [1.82, 2.24) is 40.2 Å². The van der Waals surface area contributed by atoms with E-state index in [4.69, 9.17) is 4.74 Å². The number of nitrogens with zero attached hydrogens (tertiary/aromatic N) is 8. The maximum absolute atomic E-state index is 15.8. The molecule has 15 nitrogen and oxygen atoms in total. The molecule has 62 heavy (non-hydrogen) atoms. The number of carbonyl (C=O) groups excluding carboxylic acids is 4. The first-order valence-corrected chi connectivity index (χ1v) is 22.1. The summed E-state index contributed by atoms with van der Waals surface area (Å²) >= 11 is 0. The van der Waals surface area contributed by atoms with Crippen LogP contribution in [-0.2, 0) is 9.59 Å². The summed E-state index contributed by atoms with van der Waals surface area (Å²) in [6.45, 7) is 7.87. The quantitative estimate of drug-likeness (QED) is 0.200. The summed E-state index contributed by atoms with van der Waals surface area (Å²) in [7, 11) is 0. The van der Waals surface area contributed by atoms with Crippen molar-refractivity contribution in [2.75, 3.05) is 75.2 Å². The topological polar surface area (TPSA) is 160 Å². The molecule has 1 aliphatic carbocycles. The maximum Gasteiger partial charge on any atom is 0.263 e. The van der Waals surface area contributed by atoms with E-state index in [0.29, 0.717) is 63.7 Å². The number of amides is 4. The molecule has 1 atom stereocenters. The average Bonchev–Trinajstić information content (AvgIpc) is 3.75. The van der Waals surface area contributed by atoms with E-state index in [0.717, 1.165) is 84.1 Å². The number of benzene rings is 2. The maximum atomic E-state index is 15.8. The van der Waals surface area contributed by atoms with Crippen molar-refractivity contribution in [3.8, 4) is 17.1 Å². The fraction of sp³-hybridized carbons (Fsp3) is 0.533. The van der Waals surface area contributed by atoms with Crippen molar-refractivity contribution < 1.29 is 32.7 Å². The number of hydrogen-bond donors (Lipinski definition) is 2. The van der Waals surface area contributed by atoms with Crippen LogP contribution in [0, 0.1) is 11.8 Å². The Morgan fingerprint density at radius 1 is 0.806 bits per heavy atom. The Morgan fingerprint density at radius 2 is 1.56 bits per heavy atom. The third-order valence-corrected chi connectivity index (χ3v) is 14.0. The van der Waals surface area contributed by atoms with E-state index in [1.807, 2.05) is 35.2 Å². The van der Waals surface area contributed by atoms with Crippen molar-refractivity contribution >= 4 is 46.0 Å². The lowest BCUT2D eigenvalue weighted by atomic mass is 9.88. The van der Waals surface area contributed by atoms with Gasteiger partial charge in [0, 0.05) is 75.3 Å². The van der Waals surface area contributed by atoms with Crippen LogP contribution in [0.3, 0.4) is 0 Å². The summed E-state index contributed by atoms with van der Waals surface area (Å²) in [4.78, 5) is 69.2. The third-order valence-electron chi connectivity index (χ3n) is 14.0. The molecule has 2 aromatic heterocycles. The second kappa shape index (κ2) is 16.0. The smallest absolute Gasteiger partial charge is 0.263 e. The number of halogens is 2. The molecule has 0 spiro atoms.